The van der Waals surface area contributed by atoms with Crippen molar-refractivity contribution in [1.82, 2.24) is 9.55 Å². The minimum absolute atomic E-state index is 0.424. The van der Waals surface area contributed by atoms with Crippen molar-refractivity contribution < 1.29 is 4.79 Å². The Balaban J connectivity index is 3.15. The van der Waals surface area contributed by atoms with Gasteiger partial charge in [-0.25, -0.2) is 4.98 Å². The minimum atomic E-state index is -0.424. The molecule has 4 nitrogen and oxygen atoms in total. The summed E-state index contributed by atoms with van der Waals surface area (Å²) in [5.41, 5.74) is 5.58. The summed E-state index contributed by atoms with van der Waals surface area (Å²) in [6, 6.07) is 0. The number of amides is 1. The number of carbonyl (C=O) groups is 1. The first-order valence-corrected chi connectivity index (χ1v) is 3.48. The summed E-state index contributed by atoms with van der Waals surface area (Å²) in [4.78, 5) is 14.7. The topological polar surface area (TPSA) is 60.9 Å². The Bertz CT molecular complexity index is 277. The second-order valence-corrected chi connectivity index (χ2v) is 2.30. The maximum absolute atomic E-state index is 10.8. The average Bonchev–Trinajstić information content (AvgIpc) is 2.30. The van der Waals surface area contributed by atoms with Gasteiger partial charge in [-0.05, 0) is 13.8 Å². The van der Waals surface area contributed by atoms with Crippen LogP contribution >= 0.6 is 0 Å². The normalized spacial score (nSPS) is 10.0. The van der Waals surface area contributed by atoms with Gasteiger partial charge in [0.1, 0.15) is 11.5 Å². The molecule has 0 aliphatic rings. The fraction of sp³-hybridized carbons (Fsp3) is 0.429. The highest BCUT2D eigenvalue weighted by atomic mass is 16.1. The van der Waals surface area contributed by atoms with Gasteiger partial charge in [-0.1, -0.05) is 0 Å². The van der Waals surface area contributed by atoms with Crippen LogP contribution in [0.25, 0.3) is 0 Å². The van der Waals surface area contributed by atoms with E-state index in [0.717, 1.165) is 12.4 Å². The Morgan fingerprint density at radius 3 is 2.82 bits per heavy atom. The zero-order chi connectivity index (χ0) is 8.43. The molecule has 0 saturated carbocycles. The standard InChI is InChI=1S/C7H11N3O/c1-3-10-5(2)9-4-6(10)7(8)11/h4H,3H2,1-2H3,(H2,8,11). The summed E-state index contributed by atoms with van der Waals surface area (Å²) in [5.74, 6) is 0.397. The van der Waals surface area contributed by atoms with E-state index < -0.39 is 5.91 Å². The van der Waals surface area contributed by atoms with Crippen LogP contribution in [-0.2, 0) is 6.54 Å². The molecule has 0 bridgehead atoms. The van der Waals surface area contributed by atoms with E-state index in [1.807, 2.05) is 13.8 Å². The van der Waals surface area contributed by atoms with E-state index in [-0.39, 0.29) is 0 Å². The first-order valence-electron chi connectivity index (χ1n) is 3.48. The van der Waals surface area contributed by atoms with Crippen molar-refractivity contribution in [2.45, 2.75) is 20.4 Å². The molecule has 0 atom stereocenters. The average molecular weight is 153 g/mol. The lowest BCUT2D eigenvalue weighted by molar-refractivity contribution is 0.0991. The summed E-state index contributed by atoms with van der Waals surface area (Å²) in [7, 11) is 0. The Labute approximate surface area is 65.0 Å². The van der Waals surface area contributed by atoms with Crippen LogP contribution < -0.4 is 5.73 Å². The number of carbonyl (C=O) groups excluding carboxylic acids is 1. The van der Waals surface area contributed by atoms with Crippen molar-refractivity contribution in [1.29, 1.82) is 0 Å². The van der Waals surface area contributed by atoms with Crippen LogP contribution in [0.15, 0.2) is 6.20 Å². The lowest BCUT2D eigenvalue weighted by Crippen LogP contribution is -2.16. The fourth-order valence-corrected chi connectivity index (χ4v) is 1.06. The highest BCUT2D eigenvalue weighted by Gasteiger charge is 2.08. The molecule has 0 radical (unpaired) electrons. The molecule has 0 aliphatic heterocycles. The summed E-state index contributed by atoms with van der Waals surface area (Å²) >= 11 is 0. The number of rotatable bonds is 2. The van der Waals surface area contributed by atoms with Gasteiger partial charge in [-0.3, -0.25) is 4.79 Å². The molecule has 1 heterocycles. The lowest BCUT2D eigenvalue weighted by Gasteiger charge is -2.02. The van der Waals surface area contributed by atoms with Gasteiger partial charge in [0.2, 0.25) is 0 Å². The zero-order valence-corrected chi connectivity index (χ0v) is 6.66. The van der Waals surface area contributed by atoms with Crippen molar-refractivity contribution in [3.05, 3.63) is 17.7 Å². The van der Waals surface area contributed by atoms with Crippen molar-refractivity contribution in [3.8, 4) is 0 Å². The van der Waals surface area contributed by atoms with E-state index in [4.69, 9.17) is 5.73 Å². The van der Waals surface area contributed by atoms with Crippen LogP contribution in [0, 0.1) is 6.92 Å². The van der Waals surface area contributed by atoms with Gasteiger partial charge in [0.05, 0.1) is 6.20 Å². The summed E-state index contributed by atoms with van der Waals surface area (Å²) < 4.78 is 1.78. The van der Waals surface area contributed by atoms with Crippen LogP contribution in [0.4, 0.5) is 0 Å². The van der Waals surface area contributed by atoms with Gasteiger partial charge < -0.3 is 10.3 Å². The largest absolute Gasteiger partial charge is 0.364 e. The highest BCUT2D eigenvalue weighted by Crippen LogP contribution is 2.02. The molecule has 2 N–H and O–H groups in total. The van der Waals surface area contributed by atoms with Crippen LogP contribution in [0.2, 0.25) is 0 Å². The van der Waals surface area contributed by atoms with Crippen molar-refractivity contribution >= 4 is 5.91 Å². The second kappa shape index (κ2) is 2.74. The quantitative estimate of drug-likeness (QED) is 0.664. The molecule has 0 saturated heterocycles. The number of nitrogens with zero attached hydrogens (tertiary/aromatic N) is 2. The summed E-state index contributed by atoms with van der Waals surface area (Å²) in [6.07, 6.45) is 1.50. The molecule has 0 fully saturated rings. The Morgan fingerprint density at radius 1 is 1.82 bits per heavy atom. The zero-order valence-electron chi connectivity index (χ0n) is 6.66. The Morgan fingerprint density at radius 2 is 2.45 bits per heavy atom. The van der Waals surface area contributed by atoms with Crippen LogP contribution in [0.3, 0.4) is 0 Å². The number of hydrogen-bond acceptors (Lipinski definition) is 2. The summed E-state index contributed by atoms with van der Waals surface area (Å²) in [5, 5.41) is 0. The molecule has 1 amide bonds. The molecule has 4 heteroatoms. The summed E-state index contributed by atoms with van der Waals surface area (Å²) in [6.45, 7) is 4.52. The third-order valence-electron chi connectivity index (χ3n) is 1.62. The first kappa shape index (κ1) is 7.78. The molecule has 1 rings (SSSR count). The molecule has 0 spiro atoms. The maximum Gasteiger partial charge on any atom is 0.266 e. The van der Waals surface area contributed by atoms with E-state index >= 15 is 0 Å². The molecule has 0 aliphatic carbocycles. The van der Waals surface area contributed by atoms with Crippen LogP contribution in [0.1, 0.15) is 23.2 Å². The molecule has 11 heavy (non-hydrogen) atoms. The van der Waals surface area contributed by atoms with E-state index in [2.05, 4.69) is 4.98 Å². The van der Waals surface area contributed by atoms with E-state index in [9.17, 15) is 4.79 Å². The third kappa shape index (κ3) is 1.24. The van der Waals surface area contributed by atoms with Gasteiger partial charge >= 0.3 is 0 Å². The van der Waals surface area contributed by atoms with Gasteiger partial charge in [0.25, 0.3) is 5.91 Å². The van der Waals surface area contributed by atoms with Crippen molar-refractivity contribution in [2.75, 3.05) is 0 Å². The van der Waals surface area contributed by atoms with Gasteiger partial charge in [-0.15, -0.1) is 0 Å². The molecule has 0 aromatic carbocycles. The van der Waals surface area contributed by atoms with Gasteiger partial charge in [-0.2, -0.15) is 0 Å². The van der Waals surface area contributed by atoms with E-state index in [1.165, 1.54) is 6.20 Å². The number of hydrogen-bond donors (Lipinski definition) is 1. The number of nitrogens with two attached hydrogens (primary N) is 1. The fourth-order valence-electron chi connectivity index (χ4n) is 1.06. The highest BCUT2D eigenvalue weighted by molar-refractivity contribution is 5.90. The lowest BCUT2D eigenvalue weighted by atomic mass is 10.4. The Hall–Kier alpha value is -1.32. The molecule has 0 unspecified atom stereocenters. The number of aryl methyl sites for hydroxylation is 1. The monoisotopic (exact) mass is 153 g/mol. The number of primary amides is 1. The Kier molecular flexibility index (Phi) is 1.94. The second-order valence-electron chi connectivity index (χ2n) is 2.30. The predicted octanol–water partition coefficient (Wildman–Crippen LogP) is 0.310. The molecule has 60 valence electrons. The SMILES string of the molecule is CCn1c(C(N)=O)cnc1C. The molecular formula is C7H11N3O. The molecule has 1 aromatic heterocycles. The molecular weight excluding hydrogens is 142 g/mol. The number of imidazole rings is 1. The third-order valence-corrected chi connectivity index (χ3v) is 1.62. The van der Waals surface area contributed by atoms with Gasteiger partial charge in [0.15, 0.2) is 0 Å². The van der Waals surface area contributed by atoms with Gasteiger partial charge in [0, 0.05) is 6.54 Å². The maximum atomic E-state index is 10.8. The molecule has 1 aromatic rings. The van der Waals surface area contributed by atoms with E-state index in [1.54, 1.807) is 4.57 Å². The van der Waals surface area contributed by atoms with Crippen molar-refractivity contribution in [3.63, 3.8) is 0 Å². The minimum Gasteiger partial charge on any atom is -0.364 e. The predicted molar refractivity (Wildman–Crippen MR) is 41.2 cm³/mol. The number of aromatic nitrogens is 2. The first-order chi connectivity index (χ1) is 5.16. The van der Waals surface area contributed by atoms with Crippen LogP contribution in [-0.4, -0.2) is 15.5 Å². The smallest absolute Gasteiger partial charge is 0.266 e. The van der Waals surface area contributed by atoms with Crippen LogP contribution in [0.5, 0.6) is 0 Å². The van der Waals surface area contributed by atoms with Crippen molar-refractivity contribution in [2.24, 2.45) is 5.73 Å². The van der Waals surface area contributed by atoms with E-state index in [0.29, 0.717) is 5.69 Å².